The van der Waals surface area contributed by atoms with Gasteiger partial charge < -0.3 is 19.3 Å². The third kappa shape index (κ3) is 7.57. The number of piperazine rings is 1. The number of fused-ring (bicyclic) bond motifs is 1. The number of carbonyl (C=O) groups excluding carboxylic acids is 2. The third-order valence-electron chi connectivity index (χ3n) is 4.52. The molecule has 0 spiro atoms. The molecule has 0 radical (unpaired) electrons. The molecule has 0 aliphatic carbocycles. The molecule has 0 bridgehead atoms. The smallest absolute Gasteiger partial charge is 0.388 e. The van der Waals surface area contributed by atoms with Crippen LogP contribution in [0.1, 0.15) is 0 Å². The van der Waals surface area contributed by atoms with Gasteiger partial charge in [-0.15, -0.1) is 0 Å². The second kappa shape index (κ2) is 12.3. The van der Waals surface area contributed by atoms with Crippen molar-refractivity contribution < 1.29 is 23.1 Å². The molecule has 2 heterocycles. The molecule has 1 aromatic carbocycles. The lowest BCUT2D eigenvalue weighted by Gasteiger charge is -2.31. The molecule has 1 saturated heterocycles. The Morgan fingerprint density at radius 3 is 2.61 bits per heavy atom. The first-order valence-corrected chi connectivity index (χ1v) is 10.4. The molecule has 1 aliphatic heterocycles. The van der Waals surface area contributed by atoms with Crippen molar-refractivity contribution >= 4 is 34.9 Å². The summed E-state index contributed by atoms with van der Waals surface area (Å²) in [5, 5.41) is 1.50. The molecule has 0 saturated carbocycles. The van der Waals surface area contributed by atoms with Gasteiger partial charge in [-0.2, -0.15) is 8.78 Å². The minimum absolute atomic E-state index is 0.0201. The van der Waals surface area contributed by atoms with E-state index in [0.29, 0.717) is 11.7 Å². The van der Waals surface area contributed by atoms with E-state index in [4.69, 9.17) is 0 Å². The molecule has 2 aromatic rings. The Bertz CT molecular complexity index is 892. The Kier molecular flexibility index (Phi) is 9.83. The molecule has 0 atom stereocenters. The van der Waals surface area contributed by atoms with Gasteiger partial charge in [0.1, 0.15) is 6.29 Å². The number of hydrogen-bond donors (Lipinski definition) is 0. The van der Waals surface area contributed by atoms with Crippen LogP contribution in [-0.2, 0) is 9.59 Å². The minimum atomic E-state index is -2.87. The maximum atomic E-state index is 12.5. The highest BCUT2D eigenvalue weighted by Crippen LogP contribution is 2.34. The molecule has 168 valence electrons. The van der Waals surface area contributed by atoms with Crippen molar-refractivity contribution in [3.8, 4) is 5.88 Å². The number of benzene rings is 1. The van der Waals surface area contributed by atoms with Crippen molar-refractivity contribution in [2.24, 2.45) is 0 Å². The summed E-state index contributed by atoms with van der Waals surface area (Å²) >= 11 is 1.66. The van der Waals surface area contributed by atoms with E-state index in [0.717, 1.165) is 36.5 Å². The monoisotopic (exact) mass is 452 g/mol. The summed E-state index contributed by atoms with van der Waals surface area (Å²) in [7, 11) is 3.65. The van der Waals surface area contributed by atoms with Crippen LogP contribution < -0.4 is 4.74 Å². The van der Waals surface area contributed by atoms with Crippen LogP contribution in [0.5, 0.6) is 5.88 Å². The van der Waals surface area contributed by atoms with E-state index in [-0.39, 0.29) is 18.3 Å². The van der Waals surface area contributed by atoms with E-state index >= 15 is 0 Å². The van der Waals surface area contributed by atoms with Crippen molar-refractivity contribution in [3.63, 3.8) is 0 Å². The van der Waals surface area contributed by atoms with Gasteiger partial charge in [-0.3, -0.25) is 4.79 Å². The molecule has 1 amide bonds. The lowest BCUT2D eigenvalue weighted by atomic mass is 10.2. The summed E-state index contributed by atoms with van der Waals surface area (Å²) in [6, 6.07) is 7.44. The van der Waals surface area contributed by atoms with Crippen LogP contribution in [0.4, 0.5) is 8.78 Å². The molecule has 0 unspecified atom stereocenters. The number of likely N-dealkylation sites (N-methyl/N-ethyl adjacent to an activating group) is 2. The average Bonchev–Trinajstić information content (AvgIpc) is 2.75. The van der Waals surface area contributed by atoms with Crippen LogP contribution in [0.3, 0.4) is 0 Å². The number of hydrogen-bond acceptors (Lipinski definition) is 7. The molecule has 10 heteroatoms. The van der Waals surface area contributed by atoms with E-state index in [1.54, 1.807) is 25.1 Å². The van der Waals surface area contributed by atoms with E-state index in [1.165, 1.54) is 17.2 Å². The summed E-state index contributed by atoms with van der Waals surface area (Å²) in [5.41, 5.74) is 0. The average molecular weight is 453 g/mol. The zero-order valence-corrected chi connectivity index (χ0v) is 18.4. The lowest BCUT2D eigenvalue weighted by Crippen LogP contribution is -2.40. The molecule has 1 fully saturated rings. The lowest BCUT2D eigenvalue weighted by molar-refractivity contribution is -0.127. The minimum Gasteiger partial charge on any atom is -0.416 e. The van der Waals surface area contributed by atoms with Gasteiger partial charge in [0.05, 0.1) is 6.54 Å². The maximum absolute atomic E-state index is 12.5. The molecule has 0 N–H and O–H groups in total. The van der Waals surface area contributed by atoms with Crippen molar-refractivity contribution in [3.05, 3.63) is 43.1 Å². The molecule has 1 aliphatic rings. The number of nitrogens with zero attached hydrogens (tertiary/aromatic N) is 4. The van der Waals surface area contributed by atoms with Crippen LogP contribution in [0.15, 0.2) is 48.0 Å². The predicted molar refractivity (Wildman–Crippen MR) is 117 cm³/mol. The summed E-state index contributed by atoms with van der Waals surface area (Å²) in [6.07, 6.45) is 3.35. The van der Waals surface area contributed by atoms with Gasteiger partial charge in [0.2, 0.25) is 11.8 Å². The van der Waals surface area contributed by atoms with Crippen LogP contribution in [0.2, 0.25) is 0 Å². The fourth-order valence-corrected chi connectivity index (χ4v) is 3.83. The van der Waals surface area contributed by atoms with Gasteiger partial charge in [0, 0.05) is 55.1 Å². The van der Waals surface area contributed by atoms with Gasteiger partial charge in [-0.1, -0.05) is 12.6 Å². The fourth-order valence-electron chi connectivity index (χ4n) is 2.79. The summed E-state index contributed by atoms with van der Waals surface area (Å²) in [5.74, 6) is -0.254. The van der Waals surface area contributed by atoms with Gasteiger partial charge in [0.15, 0.2) is 0 Å². The highest BCUT2D eigenvalue weighted by atomic mass is 32.2. The van der Waals surface area contributed by atoms with Crippen LogP contribution in [0.25, 0.3) is 10.8 Å². The van der Waals surface area contributed by atoms with Crippen molar-refractivity contribution in [2.75, 3.05) is 46.8 Å². The van der Waals surface area contributed by atoms with Crippen LogP contribution >= 0.6 is 11.9 Å². The second-order valence-electron chi connectivity index (χ2n) is 6.76. The van der Waals surface area contributed by atoms with Gasteiger partial charge in [0.25, 0.3) is 0 Å². The first kappa shape index (κ1) is 24.7. The van der Waals surface area contributed by atoms with Crippen molar-refractivity contribution in [2.45, 2.75) is 11.5 Å². The predicted octanol–water partition coefficient (Wildman–Crippen LogP) is 2.92. The maximum Gasteiger partial charge on any atom is 0.388 e. The van der Waals surface area contributed by atoms with E-state index in [2.05, 4.69) is 32.6 Å². The van der Waals surface area contributed by atoms with Crippen molar-refractivity contribution in [1.82, 2.24) is 19.1 Å². The largest absolute Gasteiger partial charge is 0.416 e. The molecule has 1 aromatic heterocycles. The molecule has 7 nitrogen and oxygen atoms in total. The first-order chi connectivity index (χ1) is 14.8. The Balaban J connectivity index is 0.000000323. The van der Waals surface area contributed by atoms with Crippen LogP contribution in [0, 0.1) is 0 Å². The zero-order chi connectivity index (χ0) is 22.8. The number of ether oxygens (including phenoxy) is 1. The molecular weight excluding hydrogens is 426 g/mol. The number of alkyl halides is 2. The standard InChI is InChI=1S/C15H17F2N3OS.C6H9NO2/c1-19-7-9-20(10-8-19)22-13-4-2-3-12-11(13)5-6-18-14(12)21-15(16)17;1-3-6(9)7(2)4-5-8/h2-6,15H,7-10H2,1H3;3,5H,1,4H2,2H3. The number of carbonyl (C=O) groups is 2. The van der Waals surface area contributed by atoms with Crippen LogP contribution in [-0.4, -0.2) is 84.7 Å². The molecule has 3 rings (SSSR count). The SMILES string of the molecule is C=CC(=O)N(C)CC=O.CN1CCN(Sc2cccc3c(OC(F)F)nccc23)CC1. The number of aldehydes is 1. The molecule has 31 heavy (non-hydrogen) atoms. The van der Waals surface area contributed by atoms with E-state index in [1.807, 2.05) is 18.2 Å². The fraction of sp³-hybridized carbons (Fsp3) is 0.381. The Morgan fingerprint density at radius 1 is 1.29 bits per heavy atom. The topological polar surface area (TPSA) is 66.0 Å². The Hall–Kier alpha value is -2.56. The Morgan fingerprint density at radius 2 is 2.00 bits per heavy atom. The summed E-state index contributed by atoms with van der Waals surface area (Å²) < 4.78 is 31.8. The van der Waals surface area contributed by atoms with Crippen molar-refractivity contribution in [1.29, 1.82) is 0 Å². The number of rotatable bonds is 7. The van der Waals surface area contributed by atoms with Gasteiger partial charge in [-0.25, -0.2) is 9.29 Å². The highest BCUT2D eigenvalue weighted by Gasteiger charge is 2.17. The quantitative estimate of drug-likeness (QED) is 0.364. The van der Waals surface area contributed by atoms with E-state index < -0.39 is 6.61 Å². The number of aromatic nitrogens is 1. The summed E-state index contributed by atoms with van der Waals surface area (Å²) in [6.45, 7) is 4.52. The second-order valence-corrected chi connectivity index (χ2v) is 7.90. The zero-order valence-electron chi connectivity index (χ0n) is 17.5. The first-order valence-electron chi connectivity index (χ1n) is 9.60. The number of amides is 1. The normalized spacial score (nSPS) is 14.6. The number of halogens is 2. The summed E-state index contributed by atoms with van der Waals surface area (Å²) in [4.78, 5) is 28.9. The third-order valence-corrected chi connectivity index (χ3v) is 5.70. The van der Waals surface area contributed by atoms with Gasteiger partial charge >= 0.3 is 6.61 Å². The Labute approximate surface area is 184 Å². The van der Waals surface area contributed by atoms with E-state index in [9.17, 15) is 18.4 Å². The number of pyridine rings is 1. The highest BCUT2D eigenvalue weighted by molar-refractivity contribution is 7.97. The van der Waals surface area contributed by atoms with Gasteiger partial charge in [-0.05, 0) is 43.3 Å². The molecular formula is C21H26F2N4O3S.